The van der Waals surface area contributed by atoms with Gasteiger partial charge in [0.1, 0.15) is 36.1 Å². The minimum Gasteiger partial charge on any atom is -0.490 e. The first-order chi connectivity index (χ1) is 15.9. The van der Waals surface area contributed by atoms with E-state index in [1.54, 1.807) is 71.6 Å². The van der Waals surface area contributed by atoms with Crippen LogP contribution in [-0.2, 0) is 0 Å². The molecule has 4 N–H and O–H groups in total. The van der Waals surface area contributed by atoms with Crippen LogP contribution in [0.2, 0.25) is 0 Å². The number of hydrogen-bond donors (Lipinski definition) is 3. The molecular formula is C24H20N4O5. The van der Waals surface area contributed by atoms with E-state index in [1.807, 2.05) is 0 Å². The van der Waals surface area contributed by atoms with E-state index in [0.29, 0.717) is 28.3 Å². The summed E-state index contributed by atoms with van der Waals surface area (Å²) in [7, 11) is 0. The molecule has 0 aliphatic heterocycles. The molecule has 0 spiro atoms. The molecule has 0 saturated carbocycles. The smallest absolute Gasteiger partial charge is 0.341 e. The van der Waals surface area contributed by atoms with Crippen molar-refractivity contribution in [3.8, 4) is 17.2 Å². The number of aromatic carboxylic acids is 1. The number of nitrogen functional groups attached to an aromatic ring is 1. The van der Waals surface area contributed by atoms with E-state index in [-0.39, 0.29) is 30.0 Å². The lowest BCUT2D eigenvalue weighted by molar-refractivity contribution is 0.0695. The van der Waals surface area contributed by atoms with E-state index in [4.69, 9.17) is 20.6 Å². The second kappa shape index (κ2) is 9.23. The second-order valence-corrected chi connectivity index (χ2v) is 7.07. The first-order valence-corrected chi connectivity index (χ1v) is 9.97. The van der Waals surface area contributed by atoms with Crippen LogP contribution in [0, 0.1) is 5.41 Å². The van der Waals surface area contributed by atoms with Crippen LogP contribution >= 0.6 is 0 Å². The maximum absolute atomic E-state index is 12.7. The number of amidine groups is 1. The largest absolute Gasteiger partial charge is 0.490 e. The van der Waals surface area contributed by atoms with Crippen LogP contribution in [0.25, 0.3) is 16.6 Å². The number of fused-ring (bicyclic) bond motifs is 1. The van der Waals surface area contributed by atoms with Crippen molar-refractivity contribution in [2.24, 2.45) is 5.73 Å². The third-order valence-electron chi connectivity index (χ3n) is 4.92. The maximum Gasteiger partial charge on any atom is 0.341 e. The predicted octanol–water partition coefficient (Wildman–Crippen LogP) is 2.83. The first-order valence-electron chi connectivity index (χ1n) is 9.97. The highest BCUT2D eigenvalue weighted by atomic mass is 16.5. The Morgan fingerprint density at radius 2 is 1.76 bits per heavy atom. The van der Waals surface area contributed by atoms with Gasteiger partial charge >= 0.3 is 5.97 Å². The van der Waals surface area contributed by atoms with Crippen molar-refractivity contribution in [1.29, 1.82) is 5.41 Å². The Balaban J connectivity index is 1.55. The quantitative estimate of drug-likeness (QED) is 0.216. The Labute approximate surface area is 188 Å². The Kier molecular flexibility index (Phi) is 6.03. The van der Waals surface area contributed by atoms with Gasteiger partial charge in [-0.1, -0.05) is 0 Å². The highest BCUT2D eigenvalue weighted by Gasteiger charge is 2.16. The Morgan fingerprint density at radius 1 is 1.06 bits per heavy atom. The zero-order chi connectivity index (χ0) is 23.4. The van der Waals surface area contributed by atoms with Crippen LogP contribution in [-0.4, -0.2) is 39.7 Å². The molecule has 0 aliphatic carbocycles. The third kappa shape index (κ3) is 4.67. The summed E-state index contributed by atoms with van der Waals surface area (Å²) in [6.07, 6.45) is 4.48. The number of carboxylic acids is 1. The lowest BCUT2D eigenvalue weighted by Gasteiger charge is -2.14. The molecule has 33 heavy (non-hydrogen) atoms. The van der Waals surface area contributed by atoms with Gasteiger partial charge < -0.3 is 24.9 Å². The number of carbonyl (C=O) groups is 1. The zero-order valence-electron chi connectivity index (χ0n) is 17.4. The fraction of sp³-hybridized carbons (Fsp3) is 0.0833. The Hall–Kier alpha value is -4.66. The Bertz CT molecular complexity index is 1380. The highest BCUT2D eigenvalue weighted by molar-refractivity contribution is 5.95. The van der Waals surface area contributed by atoms with Crippen LogP contribution < -0.4 is 20.6 Å². The number of benzene rings is 2. The number of hydrogen-bond acceptors (Lipinski definition) is 6. The number of rotatable bonds is 8. The standard InChI is InChI=1S/C24H20N4O5/c25-23(26)15-3-5-17(6-4-15)32-10-11-33-18-7-8-19-21(12-18)28(16-2-1-9-27-13-16)14-20(22(19)29)24(30)31/h1-9,12-14H,10-11H2,(H3,25,26)(H,30,31). The number of nitrogens with one attached hydrogen (secondary N) is 1. The molecule has 0 unspecified atom stereocenters. The van der Waals surface area contributed by atoms with Crippen LogP contribution in [0.1, 0.15) is 15.9 Å². The number of aromatic nitrogens is 2. The fourth-order valence-corrected chi connectivity index (χ4v) is 3.31. The molecular weight excluding hydrogens is 424 g/mol. The summed E-state index contributed by atoms with van der Waals surface area (Å²) in [4.78, 5) is 28.3. The van der Waals surface area contributed by atoms with Gasteiger partial charge in [-0.3, -0.25) is 15.2 Å². The van der Waals surface area contributed by atoms with Crippen LogP contribution in [0.3, 0.4) is 0 Å². The Morgan fingerprint density at radius 3 is 2.39 bits per heavy atom. The van der Waals surface area contributed by atoms with Crippen LogP contribution in [0.4, 0.5) is 0 Å². The molecule has 2 aromatic carbocycles. The number of carboxylic acid groups (broad SMARTS) is 1. The van der Waals surface area contributed by atoms with E-state index in [2.05, 4.69) is 4.98 Å². The molecule has 0 bridgehead atoms. The highest BCUT2D eigenvalue weighted by Crippen LogP contribution is 2.23. The molecule has 0 aliphatic rings. The van der Waals surface area contributed by atoms with Crippen molar-refractivity contribution >= 4 is 22.7 Å². The van der Waals surface area contributed by atoms with Gasteiger partial charge in [0.2, 0.25) is 5.43 Å². The average Bonchev–Trinajstić information content (AvgIpc) is 2.82. The molecule has 166 valence electrons. The van der Waals surface area contributed by atoms with Crippen molar-refractivity contribution < 1.29 is 19.4 Å². The predicted molar refractivity (Wildman–Crippen MR) is 123 cm³/mol. The molecule has 2 aromatic heterocycles. The van der Waals surface area contributed by atoms with E-state index in [0.717, 1.165) is 0 Å². The molecule has 0 radical (unpaired) electrons. The second-order valence-electron chi connectivity index (χ2n) is 7.07. The number of nitrogens with zero attached hydrogens (tertiary/aromatic N) is 2. The summed E-state index contributed by atoms with van der Waals surface area (Å²) >= 11 is 0. The summed E-state index contributed by atoms with van der Waals surface area (Å²) in [6.45, 7) is 0.509. The van der Waals surface area contributed by atoms with Gasteiger partial charge in [0.05, 0.1) is 17.4 Å². The molecule has 0 atom stereocenters. The van der Waals surface area contributed by atoms with E-state index >= 15 is 0 Å². The maximum atomic E-state index is 12.7. The van der Waals surface area contributed by atoms with Gasteiger partial charge in [0, 0.05) is 29.4 Å². The molecule has 4 aromatic rings. The molecule has 2 heterocycles. The first kappa shape index (κ1) is 21.6. The molecule has 0 fully saturated rings. The van der Waals surface area contributed by atoms with Crippen LogP contribution in [0.15, 0.2) is 78.0 Å². The van der Waals surface area contributed by atoms with E-state index in [9.17, 15) is 14.7 Å². The number of ether oxygens (including phenoxy) is 2. The van der Waals surface area contributed by atoms with E-state index < -0.39 is 11.4 Å². The topological polar surface area (TPSA) is 141 Å². The lowest BCUT2D eigenvalue weighted by atomic mass is 10.1. The SMILES string of the molecule is N=C(N)c1ccc(OCCOc2ccc3c(=O)c(C(=O)O)cn(-c4cccnc4)c3c2)cc1. The van der Waals surface area contributed by atoms with Gasteiger partial charge in [0.15, 0.2) is 0 Å². The average molecular weight is 444 g/mol. The van der Waals surface area contributed by atoms with E-state index in [1.165, 1.54) is 6.20 Å². The monoisotopic (exact) mass is 444 g/mol. The van der Waals surface area contributed by atoms with Crippen LogP contribution in [0.5, 0.6) is 11.5 Å². The zero-order valence-corrected chi connectivity index (χ0v) is 17.4. The van der Waals surface area contributed by atoms with Gasteiger partial charge in [-0.15, -0.1) is 0 Å². The number of pyridine rings is 2. The van der Waals surface area contributed by atoms with Crippen molar-refractivity contribution in [3.63, 3.8) is 0 Å². The molecule has 0 saturated heterocycles. The summed E-state index contributed by atoms with van der Waals surface area (Å²) in [5.74, 6) is -0.193. The molecule has 4 rings (SSSR count). The van der Waals surface area contributed by atoms with Crippen molar-refractivity contribution in [3.05, 3.63) is 94.5 Å². The number of nitrogens with two attached hydrogens (primary N) is 1. The normalized spacial score (nSPS) is 10.7. The van der Waals surface area contributed by atoms with Gasteiger partial charge in [-0.25, -0.2) is 4.79 Å². The molecule has 9 nitrogen and oxygen atoms in total. The third-order valence-corrected chi connectivity index (χ3v) is 4.92. The minimum atomic E-state index is -1.30. The van der Waals surface area contributed by atoms with Gasteiger partial charge in [0.25, 0.3) is 0 Å². The summed E-state index contributed by atoms with van der Waals surface area (Å²) in [6, 6.07) is 15.2. The molecule has 9 heteroatoms. The summed E-state index contributed by atoms with van der Waals surface area (Å²) < 4.78 is 13.0. The van der Waals surface area contributed by atoms with Crippen molar-refractivity contribution in [1.82, 2.24) is 9.55 Å². The van der Waals surface area contributed by atoms with Crippen molar-refractivity contribution in [2.75, 3.05) is 13.2 Å². The summed E-state index contributed by atoms with van der Waals surface area (Å²) in [5, 5.41) is 17.1. The van der Waals surface area contributed by atoms with Crippen molar-refractivity contribution in [2.45, 2.75) is 0 Å². The molecule has 0 amide bonds. The fourth-order valence-electron chi connectivity index (χ4n) is 3.31. The lowest BCUT2D eigenvalue weighted by Crippen LogP contribution is -2.18. The van der Waals surface area contributed by atoms with Gasteiger partial charge in [-0.2, -0.15) is 0 Å². The summed E-state index contributed by atoms with van der Waals surface area (Å²) in [5.41, 5.74) is 6.26. The minimum absolute atomic E-state index is 0.0126. The van der Waals surface area contributed by atoms with Gasteiger partial charge in [-0.05, 0) is 48.5 Å².